The van der Waals surface area contributed by atoms with Gasteiger partial charge in [0.05, 0.1) is 22.8 Å². The molecule has 0 spiro atoms. The van der Waals surface area contributed by atoms with Gasteiger partial charge in [-0.1, -0.05) is 12.1 Å². The molecule has 0 saturated heterocycles. The van der Waals surface area contributed by atoms with Crippen molar-refractivity contribution in [3.8, 4) is 5.75 Å². The highest BCUT2D eigenvalue weighted by Crippen LogP contribution is 2.27. The summed E-state index contributed by atoms with van der Waals surface area (Å²) >= 11 is 0. The number of nitro groups is 1. The fourth-order valence-electron chi connectivity index (χ4n) is 2.66. The highest BCUT2D eigenvalue weighted by molar-refractivity contribution is 7.90. The van der Waals surface area contributed by atoms with Crippen LogP contribution in [0.15, 0.2) is 41.3 Å². The van der Waals surface area contributed by atoms with E-state index in [0.29, 0.717) is 0 Å². The highest BCUT2D eigenvalue weighted by atomic mass is 32.2. The molecule has 0 unspecified atom stereocenters. The normalized spacial score (nSPS) is 11.0. The Kier molecular flexibility index (Phi) is 7.76. The van der Waals surface area contributed by atoms with Crippen molar-refractivity contribution in [3.05, 3.63) is 57.6 Å². The number of anilines is 1. The third kappa shape index (κ3) is 6.45. The molecule has 1 amide bonds. The molecule has 0 aliphatic heterocycles. The van der Waals surface area contributed by atoms with Crippen LogP contribution in [0.3, 0.4) is 0 Å². The van der Waals surface area contributed by atoms with Gasteiger partial charge in [-0.2, -0.15) is 0 Å². The molecule has 0 aliphatic carbocycles. The van der Waals surface area contributed by atoms with Crippen LogP contribution < -0.4 is 15.4 Å². The van der Waals surface area contributed by atoms with Crippen LogP contribution >= 0.6 is 0 Å². The molecule has 0 aromatic heterocycles. The third-order valence-electron chi connectivity index (χ3n) is 4.50. The van der Waals surface area contributed by atoms with Crippen molar-refractivity contribution in [1.82, 2.24) is 5.32 Å². The molecule has 2 aromatic carbocycles. The smallest absolute Gasteiger partial charge is 0.293 e. The van der Waals surface area contributed by atoms with Gasteiger partial charge in [-0.3, -0.25) is 14.9 Å². The first-order valence-corrected chi connectivity index (χ1v) is 11.2. The van der Waals surface area contributed by atoms with Gasteiger partial charge in [-0.15, -0.1) is 0 Å². The Bertz CT molecular complexity index is 1040. The minimum Gasteiger partial charge on any atom is -0.493 e. The summed E-state index contributed by atoms with van der Waals surface area (Å²) in [5, 5.41) is 16.8. The lowest BCUT2D eigenvalue weighted by Gasteiger charge is -2.11. The summed E-state index contributed by atoms with van der Waals surface area (Å²) in [5.41, 5.74) is 1.98. The van der Waals surface area contributed by atoms with Gasteiger partial charge in [0.2, 0.25) is 5.91 Å². The Balaban J connectivity index is 1.80. The summed E-state index contributed by atoms with van der Waals surface area (Å²) < 4.78 is 28.8. The van der Waals surface area contributed by atoms with Crippen LogP contribution in [0.4, 0.5) is 11.4 Å². The van der Waals surface area contributed by atoms with E-state index in [1.54, 1.807) is 0 Å². The van der Waals surface area contributed by atoms with Crippen molar-refractivity contribution < 1.29 is 22.9 Å². The maximum Gasteiger partial charge on any atom is 0.293 e. The van der Waals surface area contributed by atoms with Crippen molar-refractivity contribution in [2.75, 3.05) is 31.3 Å². The van der Waals surface area contributed by atoms with Crippen LogP contribution in [0.1, 0.15) is 17.5 Å². The largest absolute Gasteiger partial charge is 0.493 e. The Labute approximate surface area is 175 Å². The minimum atomic E-state index is -3.55. The van der Waals surface area contributed by atoms with Gasteiger partial charge in [0, 0.05) is 25.4 Å². The third-order valence-corrected chi connectivity index (χ3v) is 5.61. The maximum absolute atomic E-state index is 11.9. The first-order chi connectivity index (χ1) is 14.1. The topological polar surface area (TPSA) is 128 Å². The van der Waals surface area contributed by atoms with Crippen LogP contribution in [0.2, 0.25) is 0 Å². The van der Waals surface area contributed by atoms with Crippen LogP contribution in [-0.4, -0.2) is 45.2 Å². The lowest BCUT2D eigenvalue weighted by Crippen LogP contribution is -2.29. The second kappa shape index (κ2) is 10.1. The lowest BCUT2D eigenvalue weighted by atomic mass is 10.1. The Morgan fingerprint density at radius 3 is 2.57 bits per heavy atom. The van der Waals surface area contributed by atoms with Gasteiger partial charge in [-0.05, 0) is 43.2 Å². The summed E-state index contributed by atoms with van der Waals surface area (Å²) in [7, 11) is -3.55. The Morgan fingerprint density at radius 2 is 1.90 bits per heavy atom. The second-order valence-corrected chi connectivity index (χ2v) is 8.80. The predicted octanol–water partition coefficient (Wildman–Crippen LogP) is 2.61. The average molecular weight is 436 g/mol. The SMILES string of the molecule is Cc1cccc(OCCC(=O)NCCNc2ccc(S(C)(=O)=O)cc2[N+](=O)[O-])c1C. The van der Waals surface area contributed by atoms with Crippen LogP contribution in [0.25, 0.3) is 0 Å². The summed E-state index contributed by atoms with van der Waals surface area (Å²) in [6, 6.07) is 9.39. The van der Waals surface area contributed by atoms with E-state index in [1.165, 1.54) is 12.1 Å². The molecule has 162 valence electrons. The Hall–Kier alpha value is -3.14. The van der Waals surface area contributed by atoms with Crippen LogP contribution in [0, 0.1) is 24.0 Å². The molecular weight excluding hydrogens is 410 g/mol. The number of benzene rings is 2. The number of hydrogen-bond acceptors (Lipinski definition) is 7. The highest BCUT2D eigenvalue weighted by Gasteiger charge is 2.18. The molecule has 0 aliphatic rings. The van der Waals surface area contributed by atoms with E-state index in [9.17, 15) is 23.3 Å². The van der Waals surface area contributed by atoms with Gasteiger partial charge in [-0.25, -0.2) is 8.42 Å². The average Bonchev–Trinajstić information content (AvgIpc) is 2.67. The van der Waals surface area contributed by atoms with Crippen molar-refractivity contribution in [2.24, 2.45) is 0 Å². The minimum absolute atomic E-state index is 0.128. The molecule has 0 heterocycles. The maximum atomic E-state index is 11.9. The van der Waals surface area contributed by atoms with Crippen molar-refractivity contribution >= 4 is 27.1 Å². The summed E-state index contributed by atoms with van der Waals surface area (Å²) in [6.07, 6.45) is 1.16. The van der Waals surface area contributed by atoms with Gasteiger partial charge < -0.3 is 15.4 Å². The van der Waals surface area contributed by atoms with Gasteiger partial charge >= 0.3 is 0 Å². The monoisotopic (exact) mass is 435 g/mol. The van der Waals surface area contributed by atoms with E-state index in [0.717, 1.165) is 29.2 Å². The molecule has 9 nitrogen and oxygen atoms in total. The van der Waals surface area contributed by atoms with Crippen molar-refractivity contribution in [3.63, 3.8) is 0 Å². The van der Waals surface area contributed by atoms with E-state index in [-0.39, 0.29) is 48.3 Å². The number of amides is 1. The zero-order chi connectivity index (χ0) is 22.3. The first-order valence-electron chi connectivity index (χ1n) is 9.27. The molecule has 2 aromatic rings. The molecule has 0 saturated carbocycles. The zero-order valence-electron chi connectivity index (χ0n) is 17.1. The summed E-state index contributed by atoms with van der Waals surface area (Å²) in [5.74, 6) is 0.540. The summed E-state index contributed by atoms with van der Waals surface area (Å²) in [6.45, 7) is 4.66. The number of carbonyl (C=O) groups excluding carboxylic acids is 1. The quantitative estimate of drug-likeness (QED) is 0.333. The van der Waals surface area contributed by atoms with Crippen molar-refractivity contribution in [2.45, 2.75) is 25.2 Å². The van der Waals surface area contributed by atoms with E-state index in [1.807, 2.05) is 32.0 Å². The fraction of sp³-hybridized carbons (Fsp3) is 0.350. The van der Waals surface area contributed by atoms with E-state index in [2.05, 4.69) is 10.6 Å². The van der Waals surface area contributed by atoms with E-state index in [4.69, 9.17) is 4.74 Å². The fourth-order valence-corrected chi connectivity index (χ4v) is 3.31. The number of rotatable bonds is 10. The Morgan fingerprint density at radius 1 is 1.17 bits per heavy atom. The number of sulfone groups is 1. The first kappa shape index (κ1) is 23.1. The molecule has 10 heteroatoms. The van der Waals surface area contributed by atoms with Gasteiger partial charge in [0.1, 0.15) is 11.4 Å². The second-order valence-electron chi connectivity index (χ2n) is 6.78. The van der Waals surface area contributed by atoms with E-state index < -0.39 is 14.8 Å². The van der Waals surface area contributed by atoms with Crippen LogP contribution in [-0.2, 0) is 14.6 Å². The number of ether oxygens (including phenoxy) is 1. The van der Waals surface area contributed by atoms with Crippen molar-refractivity contribution in [1.29, 1.82) is 0 Å². The number of nitro benzene ring substituents is 1. The lowest BCUT2D eigenvalue weighted by molar-refractivity contribution is -0.384. The molecule has 0 fully saturated rings. The standard InChI is InChI=1S/C20H25N3O6S/c1-14-5-4-6-19(15(14)2)29-12-9-20(24)22-11-10-21-17-8-7-16(30(3,27)28)13-18(17)23(25)26/h4-8,13,21H,9-12H2,1-3H3,(H,22,24). The molecule has 2 rings (SSSR count). The number of carbonyl (C=O) groups is 1. The molecule has 0 bridgehead atoms. The number of aryl methyl sites for hydroxylation is 1. The molecular formula is C20H25N3O6S. The van der Waals surface area contributed by atoms with Crippen LogP contribution in [0.5, 0.6) is 5.75 Å². The molecule has 2 N–H and O–H groups in total. The molecule has 0 radical (unpaired) electrons. The van der Waals surface area contributed by atoms with Gasteiger partial charge in [0.25, 0.3) is 5.69 Å². The number of hydrogen-bond donors (Lipinski definition) is 2. The predicted molar refractivity (Wildman–Crippen MR) is 114 cm³/mol. The zero-order valence-corrected chi connectivity index (χ0v) is 17.9. The number of nitrogens with one attached hydrogen (secondary N) is 2. The summed E-state index contributed by atoms with van der Waals surface area (Å²) in [4.78, 5) is 22.4. The number of nitrogens with zero attached hydrogens (tertiary/aromatic N) is 1. The van der Waals surface area contributed by atoms with Gasteiger partial charge in [0.15, 0.2) is 9.84 Å². The molecule has 30 heavy (non-hydrogen) atoms. The molecule has 0 atom stereocenters. The van der Waals surface area contributed by atoms with E-state index >= 15 is 0 Å².